The molecule has 1 aromatic rings. The maximum Gasteiger partial charge on any atom is 0.0923 e. The standard InChI is InChI=1S/C15H24N4O/c16-15(17)6-7-19(14-4-2-1-3-5-14)9-8-18-10-12-20-13-11-18/h1-5H,6-13H2,(H3,16,17). The van der Waals surface area contributed by atoms with Crippen molar-refractivity contribution in [3.8, 4) is 0 Å². The van der Waals surface area contributed by atoms with E-state index in [2.05, 4.69) is 21.9 Å². The molecule has 1 saturated heterocycles. The van der Waals surface area contributed by atoms with Gasteiger partial charge in [-0.3, -0.25) is 10.3 Å². The fraction of sp³-hybridized carbons (Fsp3) is 0.533. The minimum Gasteiger partial charge on any atom is -0.388 e. The molecule has 0 radical (unpaired) electrons. The van der Waals surface area contributed by atoms with Crippen LogP contribution in [-0.2, 0) is 4.74 Å². The fourth-order valence-electron chi connectivity index (χ4n) is 2.35. The summed E-state index contributed by atoms with van der Waals surface area (Å²) in [7, 11) is 0. The van der Waals surface area contributed by atoms with Gasteiger partial charge in [-0.25, -0.2) is 0 Å². The lowest BCUT2D eigenvalue weighted by molar-refractivity contribution is 0.0392. The summed E-state index contributed by atoms with van der Waals surface area (Å²) in [6.45, 7) is 6.46. The summed E-state index contributed by atoms with van der Waals surface area (Å²) in [5, 5.41) is 7.40. The Morgan fingerprint density at radius 1 is 1.20 bits per heavy atom. The molecule has 5 heteroatoms. The second-order valence-electron chi connectivity index (χ2n) is 5.05. The van der Waals surface area contributed by atoms with Crippen LogP contribution >= 0.6 is 0 Å². The Hall–Kier alpha value is -1.59. The molecule has 0 spiro atoms. The third-order valence-electron chi connectivity index (χ3n) is 3.56. The molecule has 0 saturated carbocycles. The van der Waals surface area contributed by atoms with E-state index in [9.17, 15) is 0 Å². The lowest BCUT2D eigenvalue weighted by atomic mass is 10.2. The van der Waals surface area contributed by atoms with Crippen LogP contribution in [0.1, 0.15) is 6.42 Å². The molecule has 1 aliphatic rings. The van der Waals surface area contributed by atoms with E-state index in [4.69, 9.17) is 15.9 Å². The highest BCUT2D eigenvalue weighted by molar-refractivity contribution is 5.77. The van der Waals surface area contributed by atoms with Crippen LogP contribution in [0.5, 0.6) is 0 Å². The molecule has 1 fully saturated rings. The van der Waals surface area contributed by atoms with Gasteiger partial charge in [0, 0.05) is 44.8 Å². The van der Waals surface area contributed by atoms with E-state index in [1.807, 2.05) is 18.2 Å². The number of hydrogen-bond acceptors (Lipinski definition) is 4. The molecule has 1 heterocycles. The zero-order valence-electron chi connectivity index (χ0n) is 11.9. The van der Waals surface area contributed by atoms with E-state index in [1.165, 1.54) is 5.69 Å². The summed E-state index contributed by atoms with van der Waals surface area (Å²) in [6, 6.07) is 10.3. The molecule has 0 aromatic heterocycles. The molecule has 0 unspecified atom stereocenters. The molecule has 0 bridgehead atoms. The molecule has 2 rings (SSSR count). The Balaban J connectivity index is 1.89. The maximum absolute atomic E-state index is 7.40. The van der Waals surface area contributed by atoms with Crippen LogP contribution in [0.25, 0.3) is 0 Å². The predicted octanol–water partition coefficient (Wildman–Crippen LogP) is 1.15. The summed E-state index contributed by atoms with van der Waals surface area (Å²) in [4.78, 5) is 4.73. The van der Waals surface area contributed by atoms with Gasteiger partial charge in [0.25, 0.3) is 0 Å². The number of nitrogens with zero attached hydrogens (tertiary/aromatic N) is 2. The second kappa shape index (κ2) is 7.87. The average molecular weight is 276 g/mol. The van der Waals surface area contributed by atoms with Crippen molar-refractivity contribution in [2.75, 3.05) is 50.8 Å². The molecule has 1 aromatic carbocycles. The Bertz CT molecular complexity index is 404. The third-order valence-corrected chi connectivity index (χ3v) is 3.56. The number of amidine groups is 1. The van der Waals surface area contributed by atoms with E-state index in [-0.39, 0.29) is 5.84 Å². The molecular weight excluding hydrogens is 252 g/mol. The van der Waals surface area contributed by atoms with Crippen molar-refractivity contribution in [3.63, 3.8) is 0 Å². The van der Waals surface area contributed by atoms with Crippen LogP contribution in [0.3, 0.4) is 0 Å². The highest BCUT2D eigenvalue weighted by atomic mass is 16.5. The van der Waals surface area contributed by atoms with Gasteiger partial charge in [-0.1, -0.05) is 18.2 Å². The number of rotatable bonds is 7. The van der Waals surface area contributed by atoms with Crippen molar-refractivity contribution in [2.24, 2.45) is 5.73 Å². The van der Waals surface area contributed by atoms with Crippen molar-refractivity contribution in [1.29, 1.82) is 5.41 Å². The molecule has 0 aliphatic carbocycles. The topological polar surface area (TPSA) is 65.6 Å². The van der Waals surface area contributed by atoms with E-state index in [1.54, 1.807) is 0 Å². The van der Waals surface area contributed by atoms with Gasteiger partial charge in [0.05, 0.1) is 19.0 Å². The third kappa shape index (κ3) is 4.83. The van der Waals surface area contributed by atoms with Crippen molar-refractivity contribution < 1.29 is 4.74 Å². The predicted molar refractivity (Wildman–Crippen MR) is 82.4 cm³/mol. The molecule has 110 valence electrons. The van der Waals surface area contributed by atoms with E-state index < -0.39 is 0 Å². The van der Waals surface area contributed by atoms with Gasteiger partial charge >= 0.3 is 0 Å². The number of anilines is 1. The minimum absolute atomic E-state index is 0.248. The zero-order chi connectivity index (χ0) is 14.2. The second-order valence-corrected chi connectivity index (χ2v) is 5.05. The monoisotopic (exact) mass is 276 g/mol. The van der Waals surface area contributed by atoms with Crippen LogP contribution in [0.4, 0.5) is 5.69 Å². The number of para-hydroxylation sites is 1. The minimum atomic E-state index is 0.248. The van der Waals surface area contributed by atoms with Crippen molar-refractivity contribution in [1.82, 2.24) is 4.90 Å². The number of hydrogen-bond donors (Lipinski definition) is 2. The highest BCUT2D eigenvalue weighted by Crippen LogP contribution is 2.13. The largest absolute Gasteiger partial charge is 0.388 e. The molecule has 0 amide bonds. The van der Waals surface area contributed by atoms with E-state index >= 15 is 0 Å². The van der Waals surface area contributed by atoms with Crippen LogP contribution in [0.2, 0.25) is 0 Å². The Kier molecular flexibility index (Phi) is 5.83. The number of benzene rings is 1. The van der Waals surface area contributed by atoms with Gasteiger partial charge in [0.15, 0.2) is 0 Å². The van der Waals surface area contributed by atoms with Crippen molar-refractivity contribution >= 4 is 11.5 Å². The van der Waals surface area contributed by atoms with Gasteiger partial charge in [0.1, 0.15) is 0 Å². The molecule has 5 nitrogen and oxygen atoms in total. The molecule has 3 N–H and O–H groups in total. The van der Waals surface area contributed by atoms with Crippen LogP contribution in [0, 0.1) is 5.41 Å². The van der Waals surface area contributed by atoms with E-state index in [0.717, 1.165) is 45.9 Å². The van der Waals surface area contributed by atoms with Gasteiger partial charge in [-0.05, 0) is 12.1 Å². The molecule has 1 aliphatic heterocycles. The first-order valence-corrected chi connectivity index (χ1v) is 7.19. The first-order chi connectivity index (χ1) is 9.75. The molecule has 0 atom stereocenters. The maximum atomic E-state index is 7.40. The smallest absolute Gasteiger partial charge is 0.0923 e. The summed E-state index contributed by atoms with van der Waals surface area (Å²) < 4.78 is 5.37. The summed E-state index contributed by atoms with van der Waals surface area (Å²) in [5.74, 6) is 0.248. The highest BCUT2D eigenvalue weighted by Gasteiger charge is 2.13. The van der Waals surface area contributed by atoms with Gasteiger partial charge < -0.3 is 15.4 Å². The SMILES string of the molecule is N=C(N)CCN(CCN1CCOCC1)c1ccccc1. The Morgan fingerprint density at radius 3 is 2.55 bits per heavy atom. The Morgan fingerprint density at radius 2 is 1.90 bits per heavy atom. The van der Waals surface area contributed by atoms with Gasteiger partial charge in [0.2, 0.25) is 0 Å². The lowest BCUT2D eigenvalue weighted by Crippen LogP contribution is -2.42. The van der Waals surface area contributed by atoms with Gasteiger partial charge in [-0.15, -0.1) is 0 Å². The van der Waals surface area contributed by atoms with Crippen LogP contribution in [-0.4, -0.2) is 56.7 Å². The normalized spacial score (nSPS) is 16.0. The average Bonchev–Trinajstić information content (AvgIpc) is 2.49. The first kappa shape index (κ1) is 14.8. The fourth-order valence-corrected chi connectivity index (χ4v) is 2.35. The first-order valence-electron chi connectivity index (χ1n) is 7.19. The lowest BCUT2D eigenvalue weighted by Gasteiger charge is -2.31. The Labute approximate surface area is 120 Å². The number of ether oxygens (including phenoxy) is 1. The summed E-state index contributed by atoms with van der Waals surface area (Å²) >= 11 is 0. The van der Waals surface area contributed by atoms with Crippen LogP contribution < -0.4 is 10.6 Å². The summed E-state index contributed by atoms with van der Waals surface area (Å²) in [6.07, 6.45) is 0.609. The molecular formula is C15H24N4O. The zero-order valence-corrected chi connectivity index (χ0v) is 11.9. The van der Waals surface area contributed by atoms with Crippen molar-refractivity contribution in [2.45, 2.75) is 6.42 Å². The quantitative estimate of drug-likeness (QED) is 0.579. The number of nitrogens with one attached hydrogen (secondary N) is 1. The molecule has 20 heavy (non-hydrogen) atoms. The summed E-state index contributed by atoms with van der Waals surface area (Å²) in [5.41, 5.74) is 6.68. The number of morpholine rings is 1. The van der Waals surface area contributed by atoms with Crippen LogP contribution in [0.15, 0.2) is 30.3 Å². The van der Waals surface area contributed by atoms with E-state index in [0.29, 0.717) is 6.42 Å². The number of nitrogens with two attached hydrogens (primary N) is 1. The van der Waals surface area contributed by atoms with Crippen molar-refractivity contribution in [3.05, 3.63) is 30.3 Å². The van der Waals surface area contributed by atoms with Gasteiger partial charge in [-0.2, -0.15) is 0 Å².